The largest absolute Gasteiger partial charge is 0.302 e. The minimum Gasteiger partial charge on any atom is -0.284 e. The molecular formula is C12H7NO2. The molecule has 15 heavy (non-hydrogen) atoms. The van der Waals surface area contributed by atoms with Gasteiger partial charge in [-0.15, -0.1) is 0 Å². The number of hydrogen-bond acceptors (Lipinski definition) is 2. The van der Waals surface area contributed by atoms with Crippen LogP contribution >= 0.6 is 0 Å². The van der Waals surface area contributed by atoms with Crippen LogP contribution < -0.4 is 0 Å². The summed E-state index contributed by atoms with van der Waals surface area (Å²) in [6.07, 6.45) is 4.87. The molecule has 2 aliphatic heterocycles. The molecule has 2 heterocycles. The molecule has 72 valence electrons. The number of nitrogens with zero attached hydrogens (tertiary/aromatic N) is 1. The number of hydrogen-bond donors (Lipinski definition) is 0. The highest BCUT2D eigenvalue weighted by molar-refractivity contribution is 6.46. The molecule has 0 saturated heterocycles. The summed E-state index contributed by atoms with van der Waals surface area (Å²) in [7, 11) is 0. The van der Waals surface area contributed by atoms with Crippen LogP contribution in [0.1, 0.15) is 11.1 Å². The van der Waals surface area contributed by atoms with Crippen molar-refractivity contribution in [3.8, 4) is 0 Å². The Morgan fingerprint density at radius 2 is 1.87 bits per heavy atom. The summed E-state index contributed by atoms with van der Waals surface area (Å²) in [5, 5.41) is 0. The first-order valence-electron chi connectivity index (χ1n) is 4.64. The van der Waals surface area contributed by atoms with E-state index in [9.17, 15) is 9.59 Å². The first-order valence-corrected chi connectivity index (χ1v) is 4.64. The highest BCUT2D eigenvalue weighted by atomic mass is 16.2. The van der Waals surface area contributed by atoms with Crippen molar-refractivity contribution < 1.29 is 9.59 Å². The molecule has 0 unspecified atom stereocenters. The van der Waals surface area contributed by atoms with Crippen molar-refractivity contribution in [2.24, 2.45) is 0 Å². The summed E-state index contributed by atoms with van der Waals surface area (Å²) in [4.78, 5) is 24.1. The predicted molar refractivity (Wildman–Crippen MR) is 55.3 cm³/mol. The minimum atomic E-state index is -0.476. The van der Waals surface area contributed by atoms with Gasteiger partial charge < -0.3 is 0 Å². The second-order valence-electron chi connectivity index (χ2n) is 3.47. The van der Waals surface area contributed by atoms with Crippen LogP contribution in [0.15, 0.2) is 36.5 Å². The lowest BCUT2D eigenvalue weighted by atomic mass is 10.0. The van der Waals surface area contributed by atoms with Crippen LogP contribution in [-0.2, 0) is 9.59 Å². The van der Waals surface area contributed by atoms with Crippen molar-refractivity contribution in [1.82, 2.24) is 4.90 Å². The summed E-state index contributed by atoms with van der Waals surface area (Å²) in [6.45, 7) is 0. The summed E-state index contributed by atoms with van der Waals surface area (Å²) in [6, 6.07) is 7.68. The van der Waals surface area contributed by atoms with Crippen molar-refractivity contribution in [2.75, 3.05) is 0 Å². The Morgan fingerprint density at radius 3 is 2.73 bits per heavy atom. The molecular weight excluding hydrogens is 190 g/mol. The monoisotopic (exact) mass is 197 g/mol. The van der Waals surface area contributed by atoms with Gasteiger partial charge in [-0.2, -0.15) is 0 Å². The average Bonchev–Trinajstić information content (AvgIpc) is 2.56. The van der Waals surface area contributed by atoms with E-state index in [0.717, 1.165) is 11.1 Å². The molecule has 0 bridgehead atoms. The Labute approximate surface area is 86.3 Å². The van der Waals surface area contributed by atoms with Gasteiger partial charge in [-0.05, 0) is 11.6 Å². The van der Waals surface area contributed by atoms with E-state index < -0.39 is 11.7 Å². The van der Waals surface area contributed by atoms with E-state index in [1.165, 1.54) is 11.0 Å². The van der Waals surface area contributed by atoms with Crippen LogP contribution in [0.4, 0.5) is 0 Å². The number of amides is 1. The van der Waals surface area contributed by atoms with E-state index in [2.05, 4.69) is 0 Å². The number of ketones is 1. The molecule has 0 spiro atoms. The summed E-state index contributed by atoms with van der Waals surface area (Å²) < 4.78 is 0. The van der Waals surface area contributed by atoms with Gasteiger partial charge in [0.1, 0.15) is 0 Å². The summed E-state index contributed by atoms with van der Waals surface area (Å²) in [5.41, 5.74) is 2.64. The molecule has 0 atom stereocenters. The summed E-state index contributed by atoms with van der Waals surface area (Å²) >= 11 is 0. The Morgan fingerprint density at radius 1 is 1.07 bits per heavy atom. The van der Waals surface area contributed by atoms with E-state index in [1.54, 1.807) is 6.20 Å². The van der Waals surface area contributed by atoms with Crippen molar-refractivity contribution in [3.05, 3.63) is 47.7 Å². The zero-order valence-electron chi connectivity index (χ0n) is 7.81. The molecule has 0 saturated carbocycles. The first-order chi connectivity index (χ1) is 7.27. The predicted octanol–water partition coefficient (Wildman–Crippen LogP) is 1.42. The van der Waals surface area contributed by atoms with E-state index in [4.69, 9.17) is 0 Å². The van der Waals surface area contributed by atoms with Gasteiger partial charge in [0.25, 0.3) is 0 Å². The zero-order chi connectivity index (χ0) is 10.4. The van der Waals surface area contributed by atoms with Gasteiger partial charge in [-0.1, -0.05) is 24.3 Å². The molecule has 3 rings (SSSR count). The number of benzene rings is 1. The van der Waals surface area contributed by atoms with Crippen molar-refractivity contribution in [2.45, 2.75) is 0 Å². The highest BCUT2D eigenvalue weighted by Crippen LogP contribution is 2.32. The van der Waals surface area contributed by atoms with Crippen LogP contribution in [0.5, 0.6) is 0 Å². The Kier molecular flexibility index (Phi) is 1.45. The molecule has 1 amide bonds. The van der Waals surface area contributed by atoms with Gasteiger partial charge in [0, 0.05) is 17.8 Å². The van der Waals surface area contributed by atoms with Crippen LogP contribution in [-0.4, -0.2) is 16.6 Å². The van der Waals surface area contributed by atoms with Gasteiger partial charge in [0.2, 0.25) is 5.78 Å². The third kappa shape index (κ3) is 1.00. The van der Waals surface area contributed by atoms with Crippen LogP contribution in [0, 0.1) is 0 Å². The molecule has 1 aromatic rings. The standard InChI is InChI=1S/C12H7NO2/c14-11-7-10-9-4-2-1-3-8(9)5-6-13(10)12(11)15/h1-7H. The Balaban J connectivity index is 2.25. The average molecular weight is 197 g/mol. The Hall–Kier alpha value is -2.16. The molecule has 2 aliphatic rings. The fourth-order valence-corrected chi connectivity index (χ4v) is 1.87. The number of fused-ring (bicyclic) bond motifs is 3. The Bertz CT molecular complexity index is 540. The molecule has 1 aromatic carbocycles. The topological polar surface area (TPSA) is 37.4 Å². The van der Waals surface area contributed by atoms with E-state index in [-0.39, 0.29) is 0 Å². The van der Waals surface area contributed by atoms with Crippen molar-refractivity contribution >= 4 is 23.5 Å². The number of rotatable bonds is 0. The second-order valence-corrected chi connectivity index (χ2v) is 3.47. The van der Waals surface area contributed by atoms with Gasteiger partial charge in [-0.3, -0.25) is 14.5 Å². The fourth-order valence-electron chi connectivity index (χ4n) is 1.87. The first kappa shape index (κ1) is 8.17. The smallest absolute Gasteiger partial charge is 0.284 e. The number of carbonyl (C=O) groups is 2. The van der Waals surface area contributed by atoms with Gasteiger partial charge in [0.05, 0.1) is 5.70 Å². The maximum atomic E-state index is 11.4. The lowest BCUT2D eigenvalue weighted by molar-refractivity contribution is -0.137. The van der Waals surface area contributed by atoms with E-state index in [1.807, 2.05) is 30.3 Å². The van der Waals surface area contributed by atoms with E-state index >= 15 is 0 Å². The third-order valence-corrected chi connectivity index (χ3v) is 2.60. The molecule has 3 nitrogen and oxygen atoms in total. The van der Waals surface area contributed by atoms with Crippen LogP contribution in [0.25, 0.3) is 11.8 Å². The lowest BCUT2D eigenvalue weighted by Crippen LogP contribution is -2.24. The molecule has 0 N–H and O–H groups in total. The fraction of sp³-hybridized carbons (Fsp3) is 0. The molecule has 3 heteroatoms. The third-order valence-electron chi connectivity index (χ3n) is 2.60. The second kappa shape index (κ2) is 2.67. The molecule has 0 radical (unpaired) electrons. The normalized spacial score (nSPS) is 17.6. The lowest BCUT2D eigenvalue weighted by Gasteiger charge is -2.21. The van der Waals surface area contributed by atoms with E-state index in [0.29, 0.717) is 5.70 Å². The van der Waals surface area contributed by atoms with Crippen molar-refractivity contribution in [1.29, 1.82) is 0 Å². The zero-order valence-corrected chi connectivity index (χ0v) is 7.81. The molecule has 0 aliphatic carbocycles. The molecule has 0 fully saturated rings. The quantitative estimate of drug-likeness (QED) is 0.590. The van der Waals surface area contributed by atoms with Gasteiger partial charge in [0.15, 0.2) is 0 Å². The maximum absolute atomic E-state index is 11.4. The highest BCUT2D eigenvalue weighted by Gasteiger charge is 2.32. The maximum Gasteiger partial charge on any atom is 0.302 e. The van der Waals surface area contributed by atoms with Gasteiger partial charge >= 0.3 is 5.91 Å². The van der Waals surface area contributed by atoms with Crippen LogP contribution in [0.3, 0.4) is 0 Å². The summed E-state index contributed by atoms with van der Waals surface area (Å²) in [5.74, 6) is -0.929. The molecule has 0 aromatic heterocycles. The number of carbonyl (C=O) groups excluding carboxylic acids is 2. The van der Waals surface area contributed by atoms with Gasteiger partial charge in [-0.25, -0.2) is 0 Å². The van der Waals surface area contributed by atoms with Crippen LogP contribution in [0.2, 0.25) is 0 Å². The minimum absolute atomic E-state index is 0.452. The van der Waals surface area contributed by atoms with Crippen molar-refractivity contribution in [3.63, 3.8) is 0 Å². The SMILES string of the molecule is O=C1C=C2c3ccccc3C=CN2C1=O.